The topological polar surface area (TPSA) is 43.0 Å². The molecule has 1 N–H and O–H groups in total. The van der Waals surface area contributed by atoms with Crippen molar-refractivity contribution in [2.75, 3.05) is 47.1 Å². The van der Waals surface area contributed by atoms with E-state index in [0.717, 1.165) is 55.4 Å². The molecule has 3 rings (SSSR count). The van der Waals surface area contributed by atoms with E-state index in [2.05, 4.69) is 50.4 Å². The molecule has 2 aromatic rings. The van der Waals surface area contributed by atoms with Crippen molar-refractivity contribution in [3.05, 3.63) is 58.1 Å². The van der Waals surface area contributed by atoms with E-state index in [4.69, 9.17) is 14.2 Å². The van der Waals surface area contributed by atoms with Gasteiger partial charge < -0.3 is 19.5 Å². The van der Waals surface area contributed by atoms with Crippen molar-refractivity contribution >= 4 is 15.9 Å². The normalized spacial score (nSPS) is 16.1. The number of methoxy groups -OCH3 is 2. The van der Waals surface area contributed by atoms with Crippen molar-refractivity contribution in [1.29, 1.82) is 0 Å². The van der Waals surface area contributed by atoms with Gasteiger partial charge in [-0.25, -0.2) is 0 Å². The van der Waals surface area contributed by atoms with E-state index in [1.165, 1.54) is 11.1 Å². The van der Waals surface area contributed by atoms with Crippen LogP contribution in [0.15, 0.2) is 46.9 Å². The third-order valence-corrected chi connectivity index (χ3v) is 5.49. The summed E-state index contributed by atoms with van der Waals surface area (Å²) < 4.78 is 17.1. The molecule has 0 spiro atoms. The third kappa shape index (κ3) is 5.45. The SMILES string of the molecule is COc1ccc([C@H](CNCc2ccc(OC)c(Br)c2)N2CCOCC2)cc1. The van der Waals surface area contributed by atoms with Crippen LogP contribution in [-0.2, 0) is 11.3 Å². The lowest BCUT2D eigenvalue weighted by Gasteiger charge is -2.35. The van der Waals surface area contributed by atoms with E-state index < -0.39 is 0 Å². The number of ether oxygens (including phenoxy) is 3. The molecule has 0 aliphatic carbocycles. The number of benzene rings is 2. The quantitative estimate of drug-likeness (QED) is 0.686. The van der Waals surface area contributed by atoms with Crippen LogP contribution in [-0.4, -0.2) is 52.0 Å². The standard InChI is InChI=1S/C21H27BrN2O3/c1-25-18-6-4-17(5-7-18)20(24-9-11-27-12-10-24)15-23-14-16-3-8-21(26-2)19(22)13-16/h3-8,13,20,23H,9-12,14-15H2,1-2H3/t20-/m0/s1. The number of hydrogen-bond acceptors (Lipinski definition) is 5. The largest absolute Gasteiger partial charge is 0.497 e. The molecule has 1 heterocycles. The maximum atomic E-state index is 5.53. The first-order valence-electron chi connectivity index (χ1n) is 9.20. The Balaban J connectivity index is 1.66. The molecule has 1 atom stereocenters. The molecule has 0 bridgehead atoms. The Morgan fingerprint density at radius 3 is 2.44 bits per heavy atom. The van der Waals surface area contributed by atoms with Crippen molar-refractivity contribution in [2.45, 2.75) is 12.6 Å². The summed E-state index contributed by atoms with van der Waals surface area (Å²) in [5, 5.41) is 3.62. The molecule has 1 saturated heterocycles. The summed E-state index contributed by atoms with van der Waals surface area (Å²) in [6, 6.07) is 14.9. The predicted octanol–water partition coefficient (Wildman–Crippen LogP) is 3.63. The van der Waals surface area contributed by atoms with E-state index in [0.29, 0.717) is 6.04 Å². The molecule has 1 aliphatic rings. The lowest BCUT2D eigenvalue weighted by atomic mass is 10.0. The summed E-state index contributed by atoms with van der Waals surface area (Å²) in [7, 11) is 3.38. The number of hydrogen-bond donors (Lipinski definition) is 1. The maximum absolute atomic E-state index is 5.53. The van der Waals surface area contributed by atoms with E-state index in [9.17, 15) is 0 Å². The molecule has 0 saturated carbocycles. The summed E-state index contributed by atoms with van der Waals surface area (Å²) in [6.45, 7) is 5.16. The zero-order valence-corrected chi connectivity index (χ0v) is 17.5. The van der Waals surface area contributed by atoms with Gasteiger partial charge in [-0.15, -0.1) is 0 Å². The minimum absolute atomic E-state index is 0.307. The predicted molar refractivity (Wildman–Crippen MR) is 111 cm³/mol. The molecule has 1 fully saturated rings. The second-order valence-corrected chi connectivity index (χ2v) is 7.39. The molecule has 2 aromatic carbocycles. The van der Waals surface area contributed by atoms with Crippen molar-refractivity contribution < 1.29 is 14.2 Å². The van der Waals surface area contributed by atoms with Gasteiger partial charge in [-0.1, -0.05) is 18.2 Å². The molecule has 27 heavy (non-hydrogen) atoms. The summed E-state index contributed by atoms with van der Waals surface area (Å²) in [6.07, 6.45) is 0. The highest BCUT2D eigenvalue weighted by Gasteiger charge is 2.22. The first-order chi connectivity index (χ1) is 13.2. The second-order valence-electron chi connectivity index (χ2n) is 6.54. The molecule has 0 radical (unpaired) electrons. The Labute approximate surface area is 169 Å². The minimum atomic E-state index is 0.307. The Morgan fingerprint density at radius 2 is 1.81 bits per heavy atom. The number of morpholine rings is 1. The number of rotatable bonds is 8. The third-order valence-electron chi connectivity index (χ3n) is 4.87. The second kappa shape index (κ2) is 10.1. The van der Waals surface area contributed by atoms with Crippen LogP contribution in [0, 0.1) is 0 Å². The summed E-state index contributed by atoms with van der Waals surface area (Å²) in [5.41, 5.74) is 2.51. The number of nitrogens with zero attached hydrogens (tertiary/aromatic N) is 1. The summed E-state index contributed by atoms with van der Waals surface area (Å²) in [5.74, 6) is 1.73. The van der Waals surface area contributed by atoms with E-state index in [1.54, 1.807) is 14.2 Å². The highest BCUT2D eigenvalue weighted by molar-refractivity contribution is 9.10. The fourth-order valence-corrected chi connectivity index (χ4v) is 3.93. The molecular weight excluding hydrogens is 408 g/mol. The minimum Gasteiger partial charge on any atom is -0.497 e. The Bertz CT molecular complexity index is 718. The van der Waals surface area contributed by atoms with Gasteiger partial charge in [0.05, 0.1) is 31.9 Å². The van der Waals surface area contributed by atoms with Gasteiger partial charge in [-0.2, -0.15) is 0 Å². The van der Waals surface area contributed by atoms with Crippen LogP contribution in [0.2, 0.25) is 0 Å². The molecule has 6 heteroatoms. The van der Waals surface area contributed by atoms with Gasteiger partial charge in [-0.05, 0) is 51.3 Å². The first kappa shape index (κ1) is 20.1. The molecule has 5 nitrogen and oxygen atoms in total. The lowest BCUT2D eigenvalue weighted by Crippen LogP contribution is -2.42. The van der Waals surface area contributed by atoms with Crippen LogP contribution in [0.5, 0.6) is 11.5 Å². The van der Waals surface area contributed by atoms with E-state index >= 15 is 0 Å². The molecule has 0 amide bonds. The van der Waals surface area contributed by atoms with E-state index in [1.807, 2.05) is 18.2 Å². The smallest absolute Gasteiger partial charge is 0.133 e. The molecular formula is C21H27BrN2O3. The summed E-state index contributed by atoms with van der Waals surface area (Å²) in [4.78, 5) is 2.49. The average Bonchev–Trinajstić information content (AvgIpc) is 2.72. The van der Waals surface area contributed by atoms with Gasteiger partial charge in [-0.3, -0.25) is 4.90 Å². The highest BCUT2D eigenvalue weighted by atomic mass is 79.9. The van der Waals surface area contributed by atoms with Crippen LogP contribution < -0.4 is 14.8 Å². The Morgan fingerprint density at radius 1 is 1.07 bits per heavy atom. The molecule has 146 valence electrons. The zero-order valence-electron chi connectivity index (χ0n) is 15.9. The maximum Gasteiger partial charge on any atom is 0.133 e. The van der Waals surface area contributed by atoms with Crippen LogP contribution in [0.4, 0.5) is 0 Å². The van der Waals surface area contributed by atoms with Gasteiger partial charge in [0, 0.05) is 32.2 Å². The molecule has 1 aliphatic heterocycles. The van der Waals surface area contributed by atoms with Crippen molar-refractivity contribution in [3.8, 4) is 11.5 Å². The van der Waals surface area contributed by atoms with Crippen molar-refractivity contribution in [3.63, 3.8) is 0 Å². The zero-order chi connectivity index (χ0) is 19.1. The van der Waals surface area contributed by atoms with Gasteiger partial charge in [0.2, 0.25) is 0 Å². The monoisotopic (exact) mass is 434 g/mol. The summed E-state index contributed by atoms with van der Waals surface area (Å²) >= 11 is 3.55. The highest BCUT2D eigenvalue weighted by Crippen LogP contribution is 2.26. The average molecular weight is 435 g/mol. The molecule has 0 unspecified atom stereocenters. The number of halogens is 1. The van der Waals surface area contributed by atoms with Gasteiger partial charge >= 0.3 is 0 Å². The number of nitrogens with one attached hydrogen (secondary N) is 1. The van der Waals surface area contributed by atoms with Crippen LogP contribution in [0.1, 0.15) is 17.2 Å². The Hall–Kier alpha value is -1.60. The van der Waals surface area contributed by atoms with Crippen molar-refractivity contribution in [2.24, 2.45) is 0 Å². The van der Waals surface area contributed by atoms with Crippen molar-refractivity contribution in [1.82, 2.24) is 10.2 Å². The fraction of sp³-hybridized carbons (Fsp3) is 0.429. The first-order valence-corrected chi connectivity index (χ1v) is 9.99. The van der Waals surface area contributed by atoms with Crippen LogP contribution in [0.25, 0.3) is 0 Å². The van der Waals surface area contributed by atoms with Crippen LogP contribution in [0.3, 0.4) is 0 Å². The Kier molecular flexibility index (Phi) is 7.52. The van der Waals surface area contributed by atoms with Gasteiger partial charge in [0.1, 0.15) is 11.5 Å². The van der Waals surface area contributed by atoms with Gasteiger partial charge in [0.25, 0.3) is 0 Å². The van der Waals surface area contributed by atoms with E-state index in [-0.39, 0.29) is 0 Å². The fourth-order valence-electron chi connectivity index (χ4n) is 3.35. The molecule has 0 aromatic heterocycles. The van der Waals surface area contributed by atoms with Crippen LogP contribution >= 0.6 is 15.9 Å². The van der Waals surface area contributed by atoms with Gasteiger partial charge in [0.15, 0.2) is 0 Å². The lowest BCUT2D eigenvalue weighted by molar-refractivity contribution is 0.0161.